The Labute approximate surface area is 111 Å². The normalized spacial score (nSPS) is 10.8. The Morgan fingerprint density at radius 3 is 2.63 bits per heavy atom. The van der Waals surface area contributed by atoms with E-state index in [0.29, 0.717) is 21.9 Å². The summed E-state index contributed by atoms with van der Waals surface area (Å²) in [6.07, 6.45) is 2.90. The molecule has 0 aliphatic heterocycles. The van der Waals surface area contributed by atoms with Crippen molar-refractivity contribution in [1.29, 1.82) is 0 Å². The van der Waals surface area contributed by atoms with Crippen LogP contribution in [0.2, 0.25) is 5.15 Å². The van der Waals surface area contributed by atoms with Gasteiger partial charge in [0.25, 0.3) is 5.69 Å². The fourth-order valence-electron chi connectivity index (χ4n) is 1.72. The van der Waals surface area contributed by atoms with Crippen LogP contribution in [-0.4, -0.2) is 24.7 Å². The monoisotopic (exact) mass is 275 g/mol. The number of benzene rings is 1. The fourth-order valence-corrected chi connectivity index (χ4v) is 1.90. The molecule has 0 saturated heterocycles. The lowest BCUT2D eigenvalue weighted by Crippen LogP contribution is -1.98. The van der Waals surface area contributed by atoms with Crippen molar-refractivity contribution in [2.45, 2.75) is 0 Å². The molecule has 2 aromatic heterocycles. The van der Waals surface area contributed by atoms with Crippen LogP contribution in [0.5, 0.6) is 0 Å². The molecule has 3 rings (SSSR count). The molecule has 7 nitrogen and oxygen atoms in total. The number of aromatic nitrogens is 4. The zero-order valence-electron chi connectivity index (χ0n) is 9.39. The van der Waals surface area contributed by atoms with Crippen molar-refractivity contribution >= 4 is 28.3 Å². The number of nitrogens with zero attached hydrogens (tertiary/aromatic N) is 5. The highest BCUT2D eigenvalue weighted by molar-refractivity contribution is 6.33. The molecule has 8 heteroatoms. The molecule has 0 N–H and O–H groups in total. The van der Waals surface area contributed by atoms with E-state index < -0.39 is 4.92 Å². The highest BCUT2D eigenvalue weighted by Gasteiger charge is 2.11. The van der Waals surface area contributed by atoms with Crippen LogP contribution in [0.4, 0.5) is 5.69 Å². The number of fused-ring (bicyclic) bond motifs is 1. The maximum atomic E-state index is 10.6. The quantitative estimate of drug-likeness (QED) is 0.407. The molecule has 0 fully saturated rings. The topological polar surface area (TPSA) is 86.7 Å². The van der Waals surface area contributed by atoms with Crippen LogP contribution in [0, 0.1) is 10.1 Å². The van der Waals surface area contributed by atoms with E-state index in [2.05, 4.69) is 15.1 Å². The third-order valence-corrected chi connectivity index (χ3v) is 2.92. The molecular formula is C11H6ClN5O2. The Morgan fingerprint density at radius 1 is 1.21 bits per heavy atom. The summed E-state index contributed by atoms with van der Waals surface area (Å²) in [6.45, 7) is 0. The second-order valence-electron chi connectivity index (χ2n) is 3.73. The van der Waals surface area contributed by atoms with Gasteiger partial charge in [-0.3, -0.25) is 10.1 Å². The van der Waals surface area contributed by atoms with Crippen LogP contribution < -0.4 is 0 Å². The van der Waals surface area contributed by atoms with Gasteiger partial charge in [0.15, 0.2) is 5.65 Å². The summed E-state index contributed by atoms with van der Waals surface area (Å²) in [5, 5.41) is 15.7. The van der Waals surface area contributed by atoms with E-state index in [-0.39, 0.29) is 5.69 Å². The fraction of sp³-hybridized carbons (Fsp3) is 0. The standard InChI is InChI=1S/C11H6ClN5O2/c12-10-9-5-15-16(11(9)14-6-13-10)7-1-3-8(4-2-7)17(18)19/h1-6H. The lowest BCUT2D eigenvalue weighted by Gasteiger charge is -2.02. The van der Waals surface area contributed by atoms with Crippen molar-refractivity contribution in [2.75, 3.05) is 0 Å². The third kappa shape index (κ3) is 1.89. The van der Waals surface area contributed by atoms with Gasteiger partial charge < -0.3 is 0 Å². The van der Waals surface area contributed by atoms with E-state index in [1.807, 2.05) is 0 Å². The lowest BCUT2D eigenvalue weighted by molar-refractivity contribution is -0.384. The van der Waals surface area contributed by atoms with Crippen molar-refractivity contribution in [3.8, 4) is 5.69 Å². The maximum absolute atomic E-state index is 10.6. The summed E-state index contributed by atoms with van der Waals surface area (Å²) < 4.78 is 1.55. The average Bonchev–Trinajstić information content (AvgIpc) is 2.84. The van der Waals surface area contributed by atoms with Gasteiger partial charge in [-0.1, -0.05) is 11.6 Å². The van der Waals surface area contributed by atoms with Crippen LogP contribution in [-0.2, 0) is 0 Å². The average molecular weight is 276 g/mol. The number of hydrogen-bond acceptors (Lipinski definition) is 5. The second kappa shape index (κ2) is 4.29. The largest absolute Gasteiger partial charge is 0.269 e. The van der Waals surface area contributed by atoms with E-state index in [9.17, 15) is 10.1 Å². The number of rotatable bonds is 2. The Balaban J connectivity index is 2.14. The van der Waals surface area contributed by atoms with Crippen molar-refractivity contribution in [3.63, 3.8) is 0 Å². The number of halogens is 1. The first-order chi connectivity index (χ1) is 9.16. The first-order valence-electron chi connectivity index (χ1n) is 5.26. The minimum Gasteiger partial charge on any atom is -0.258 e. The minimum atomic E-state index is -0.454. The van der Waals surface area contributed by atoms with Crippen molar-refractivity contribution in [1.82, 2.24) is 19.7 Å². The van der Waals surface area contributed by atoms with Crippen LogP contribution in [0.25, 0.3) is 16.7 Å². The van der Waals surface area contributed by atoms with Crippen LogP contribution in [0.1, 0.15) is 0 Å². The van der Waals surface area contributed by atoms with Gasteiger partial charge in [0.2, 0.25) is 0 Å². The molecule has 0 bridgehead atoms. The van der Waals surface area contributed by atoms with Gasteiger partial charge in [0.1, 0.15) is 11.5 Å². The molecule has 0 saturated carbocycles. The third-order valence-electron chi connectivity index (χ3n) is 2.62. The van der Waals surface area contributed by atoms with Gasteiger partial charge in [0.05, 0.1) is 22.2 Å². The maximum Gasteiger partial charge on any atom is 0.269 e. The minimum absolute atomic E-state index is 0.0212. The van der Waals surface area contributed by atoms with Gasteiger partial charge in [-0.15, -0.1) is 0 Å². The molecule has 0 atom stereocenters. The molecule has 3 aromatic rings. The van der Waals surface area contributed by atoms with Gasteiger partial charge in [-0.05, 0) is 12.1 Å². The summed E-state index contributed by atoms with van der Waals surface area (Å²) in [4.78, 5) is 18.1. The van der Waals surface area contributed by atoms with Gasteiger partial charge in [0, 0.05) is 12.1 Å². The van der Waals surface area contributed by atoms with Crippen molar-refractivity contribution in [2.24, 2.45) is 0 Å². The smallest absolute Gasteiger partial charge is 0.258 e. The summed E-state index contributed by atoms with van der Waals surface area (Å²) in [7, 11) is 0. The zero-order chi connectivity index (χ0) is 13.4. The number of nitro groups is 1. The zero-order valence-corrected chi connectivity index (χ0v) is 10.2. The molecule has 94 valence electrons. The Hall–Kier alpha value is -2.54. The molecule has 1 aromatic carbocycles. The molecule has 0 aliphatic rings. The second-order valence-corrected chi connectivity index (χ2v) is 4.09. The predicted octanol–water partition coefficient (Wildman–Crippen LogP) is 2.38. The van der Waals surface area contributed by atoms with E-state index in [4.69, 9.17) is 11.6 Å². The summed E-state index contributed by atoms with van der Waals surface area (Å²) in [6, 6.07) is 6.01. The Morgan fingerprint density at radius 2 is 1.95 bits per heavy atom. The highest BCUT2D eigenvalue weighted by Crippen LogP contribution is 2.22. The van der Waals surface area contributed by atoms with Gasteiger partial charge in [-0.25, -0.2) is 14.6 Å². The first-order valence-corrected chi connectivity index (χ1v) is 5.63. The number of nitro benzene ring substituents is 1. The molecule has 0 spiro atoms. The van der Waals surface area contributed by atoms with Gasteiger partial charge in [-0.2, -0.15) is 5.10 Å². The lowest BCUT2D eigenvalue weighted by atomic mass is 10.3. The summed E-state index contributed by atoms with van der Waals surface area (Å²) in [5.41, 5.74) is 1.23. The Bertz CT molecular complexity index is 768. The van der Waals surface area contributed by atoms with E-state index in [0.717, 1.165) is 0 Å². The van der Waals surface area contributed by atoms with E-state index >= 15 is 0 Å². The Kier molecular flexibility index (Phi) is 2.60. The van der Waals surface area contributed by atoms with Crippen LogP contribution in [0.3, 0.4) is 0 Å². The predicted molar refractivity (Wildman–Crippen MR) is 68.3 cm³/mol. The van der Waals surface area contributed by atoms with Crippen LogP contribution in [0.15, 0.2) is 36.8 Å². The number of non-ortho nitro benzene ring substituents is 1. The SMILES string of the molecule is O=[N+]([O-])c1ccc(-n2ncc3c(Cl)ncnc32)cc1. The molecule has 0 aliphatic carbocycles. The summed E-state index contributed by atoms with van der Waals surface area (Å²) >= 11 is 5.93. The van der Waals surface area contributed by atoms with Gasteiger partial charge >= 0.3 is 0 Å². The van der Waals surface area contributed by atoms with E-state index in [1.54, 1.807) is 23.0 Å². The highest BCUT2D eigenvalue weighted by atomic mass is 35.5. The molecular weight excluding hydrogens is 270 g/mol. The van der Waals surface area contributed by atoms with Crippen LogP contribution >= 0.6 is 11.6 Å². The molecule has 0 unspecified atom stereocenters. The summed E-state index contributed by atoms with van der Waals surface area (Å²) in [5.74, 6) is 0. The number of hydrogen-bond donors (Lipinski definition) is 0. The first kappa shape index (κ1) is 11.5. The molecule has 0 amide bonds. The molecule has 0 radical (unpaired) electrons. The van der Waals surface area contributed by atoms with Crippen molar-refractivity contribution in [3.05, 3.63) is 52.1 Å². The van der Waals surface area contributed by atoms with E-state index in [1.165, 1.54) is 18.5 Å². The molecule has 19 heavy (non-hydrogen) atoms. The molecule has 2 heterocycles. The van der Waals surface area contributed by atoms with Crippen molar-refractivity contribution < 1.29 is 4.92 Å².